The van der Waals surface area contributed by atoms with Gasteiger partial charge in [0.1, 0.15) is 0 Å². The van der Waals surface area contributed by atoms with E-state index in [1.165, 1.54) is 25.7 Å². The minimum Gasteiger partial charge on any atom is -0.282 e. The van der Waals surface area contributed by atoms with Gasteiger partial charge >= 0.3 is 0 Å². The van der Waals surface area contributed by atoms with Gasteiger partial charge in [0.05, 0.1) is 4.91 Å². The maximum atomic E-state index is 11.1. The number of amides is 2. The average molecular weight is 227 g/mol. The van der Waals surface area contributed by atoms with Crippen LogP contribution < -0.4 is 5.32 Å². The Bertz CT molecular complexity index is 274. The van der Waals surface area contributed by atoms with E-state index in [-0.39, 0.29) is 11.1 Å². The maximum Gasteiger partial charge on any atom is 0.290 e. The maximum absolute atomic E-state index is 11.1. The number of carbonyl (C=O) groups excluding carboxylic acids is 2. The highest BCUT2D eigenvalue weighted by molar-refractivity contribution is 8.18. The Morgan fingerprint density at radius 1 is 1.20 bits per heavy atom. The molecular formula is C11H17NO2S. The summed E-state index contributed by atoms with van der Waals surface area (Å²) in [6.45, 7) is 2.19. The molecule has 0 saturated carbocycles. The van der Waals surface area contributed by atoms with Crippen molar-refractivity contribution in [3.05, 3.63) is 11.0 Å². The standard InChI is InChI=1S/C11H17NO2S/c1-2-3-4-5-6-7-8-9-10(13)12-11(14)15-9/h8H,2-7H2,1H3,(H,12,13,14). The number of allylic oxidation sites excluding steroid dienone is 1. The zero-order valence-corrected chi connectivity index (χ0v) is 9.86. The molecule has 84 valence electrons. The Labute approximate surface area is 94.7 Å². The first kappa shape index (κ1) is 12.3. The molecule has 1 N–H and O–H groups in total. The molecule has 0 bridgehead atoms. The summed E-state index contributed by atoms with van der Waals surface area (Å²) in [5.41, 5.74) is 0. The highest BCUT2D eigenvalue weighted by Crippen LogP contribution is 2.23. The van der Waals surface area contributed by atoms with Crippen LogP contribution in [-0.4, -0.2) is 11.1 Å². The second kappa shape index (κ2) is 6.67. The molecule has 0 aromatic carbocycles. The van der Waals surface area contributed by atoms with Crippen molar-refractivity contribution in [2.75, 3.05) is 0 Å². The van der Waals surface area contributed by atoms with Crippen LogP contribution in [0.3, 0.4) is 0 Å². The summed E-state index contributed by atoms with van der Waals surface area (Å²) >= 11 is 1.00. The summed E-state index contributed by atoms with van der Waals surface area (Å²) in [5, 5.41) is 1.99. The van der Waals surface area contributed by atoms with Gasteiger partial charge in [0.15, 0.2) is 0 Å². The molecule has 0 unspecified atom stereocenters. The number of rotatable bonds is 6. The third kappa shape index (κ3) is 4.51. The van der Waals surface area contributed by atoms with E-state index in [0.717, 1.165) is 24.6 Å². The fourth-order valence-corrected chi connectivity index (χ4v) is 2.13. The summed E-state index contributed by atoms with van der Waals surface area (Å²) < 4.78 is 0. The molecule has 1 saturated heterocycles. The van der Waals surface area contributed by atoms with Crippen LogP contribution >= 0.6 is 11.8 Å². The van der Waals surface area contributed by atoms with Crippen molar-refractivity contribution in [1.29, 1.82) is 0 Å². The number of unbranched alkanes of at least 4 members (excludes halogenated alkanes) is 5. The normalized spacial score (nSPS) is 18.6. The van der Waals surface area contributed by atoms with Crippen molar-refractivity contribution in [3.63, 3.8) is 0 Å². The molecule has 1 aliphatic rings. The number of imide groups is 1. The molecule has 0 aromatic rings. The zero-order chi connectivity index (χ0) is 11.1. The fourth-order valence-electron chi connectivity index (χ4n) is 1.44. The highest BCUT2D eigenvalue weighted by Gasteiger charge is 2.24. The topological polar surface area (TPSA) is 46.2 Å². The first-order valence-corrected chi connectivity index (χ1v) is 6.29. The number of nitrogens with one attached hydrogen (secondary N) is 1. The second-order valence-electron chi connectivity index (χ2n) is 3.61. The Balaban J connectivity index is 2.15. The van der Waals surface area contributed by atoms with Gasteiger partial charge in [0.2, 0.25) is 0 Å². The Morgan fingerprint density at radius 2 is 1.93 bits per heavy atom. The SMILES string of the molecule is CCCCCCCC=C1SC(=O)NC1=O. The van der Waals surface area contributed by atoms with E-state index in [1.54, 1.807) is 0 Å². The van der Waals surface area contributed by atoms with Crippen molar-refractivity contribution < 1.29 is 9.59 Å². The third-order valence-corrected chi connectivity index (χ3v) is 3.14. The predicted molar refractivity (Wildman–Crippen MR) is 62.6 cm³/mol. The molecular weight excluding hydrogens is 210 g/mol. The molecule has 2 amide bonds. The molecule has 4 heteroatoms. The lowest BCUT2D eigenvalue weighted by molar-refractivity contribution is -0.115. The molecule has 1 heterocycles. The fraction of sp³-hybridized carbons (Fsp3) is 0.636. The average Bonchev–Trinajstić information content (AvgIpc) is 2.51. The highest BCUT2D eigenvalue weighted by atomic mass is 32.2. The monoisotopic (exact) mass is 227 g/mol. The molecule has 0 aliphatic carbocycles. The van der Waals surface area contributed by atoms with Crippen molar-refractivity contribution >= 4 is 22.9 Å². The molecule has 0 radical (unpaired) electrons. The minimum absolute atomic E-state index is 0.237. The lowest BCUT2D eigenvalue weighted by Crippen LogP contribution is -2.17. The van der Waals surface area contributed by atoms with E-state index < -0.39 is 0 Å². The van der Waals surface area contributed by atoms with Crippen molar-refractivity contribution in [2.45, 2.75) is 45.4 Å². The lowest BCUT2D eigenvalue weighted by Gasteiger charge is -1.96. The van der Waals surface area contributed by atoms with E-state index in [2.05, 4.69) is 12.2 Å². The summed E-state index contributed by atoms with van der Waals surface area (Å²) in [4.78, 5) is 22.5. The smallest absolute Gasteiger partial charge is 0.282 e. The van der Waals surface area contributed by atoms with E-state index in [1.807, 2.05) is 6.08 Å². The van der Waals surface area contributed by atoms with E-state index in [0.29, 0.717) is 4.91 Å². The van der Waals surface area contributed by atoms with Crippen molar-refractivity contribution in [3.8, 4) is 0 Å². The van der Waals surface area contributed by atoms with Gasteiger partial charge in [0, 0.05) is 0 Å². The van der Waals surface area contributed by atoms with Gasteiger partial charge in [-0.05, 0) is 24.6 Å². The quantitative estimate of drug-likeness (QED) is 0.560. The second-order valence-corrected chi connectivity index (χ2v) is 4.63. The molecule has 1 rings (SSSR count). The molecule has 0 spiro atoms. The molecule has 1 aliphatic heterocycles. The summed E-state index contributed by atoms with van der Waals surface area (Å²) in [6, 6.07) is 0. The van der Waals surface area contributed by atoms with Crippen LogP contribution in [0.25, 0.3) is 0 Å². The summed E-state index contributed by atoms with van der Waals surface area (Å²) in [6.07, 6.45) is 8.86. The van der Waals surface area contributed by atoms with Crippen LogP contribution in [0.5, 0.6) is 0 Å². The van der Waals surface area contributed by atoms with Gasteiger partial charge in [0.25, 0.3) is 11.1 Å². The molecule has 0 atom stereocenters. The predicted octanol–water partition coefficient (Wildman–Crippen LogP) is 3.21. The minimum atomic E-state index is -0.253. The number of carbonyl (C=O) groups is 2. The molecule has 0 aromatic heterocycles. The van der Waals surface area contributed by atoms with E-state index in [9.17, 15) is 9.59 Å². The van der Waals surface area contributed by atoms with Crippen LogP contribution in [0.4, 0.5) is 4.79 Å². The Hall–Kier alpha value is -0.770. The van der Waals surface area contributed by atoms with Crippen LogP contribution in [0.15, 0.2) is 11.0 Å². The van der Waals surface area contributed by atoms with Crippen LogP contribution in [-0.2, 0) is 4.79 Å². The van der Waals surface area contributed by atoms with Gasteiger partial charge in [-0.1, -0.05) is 38.7 Å². The molecule has 3 nitrogen and oxygen atoms in total. The zero-order valence-electron chi connectivity index (χ0n) is 9.04. The first-order chi connectivity index (χ1) is 7.24. The van der Waals surface area contributed by atoms with Crippen LogP contribution in [0.1, 0.15) is 45.4 Å². The van der Waals surface area contributed by atoms with Gasteiger partial charge in [-0.15, -0.1) is 0 Å². The molecule has 15 heavy (non-hydrogen) atoms. The molecule has 1 fully saturated rings. The largest absolute Gasteiger partial charge is 0.290 e. The first-order valence-electron chi connectivity index (χ1n) is 5.47. The Morgan fingerprint density at radius 3 is 2.53 bits per heavy atom. The number of thioether (sulfide) groups is 1. The van der Waals surface area contributed by atoms with Crippen LogP contribution in [0.2, 0.25) is 0 Å². The van der Waals surface area contributed by atoms with Gasteiger partial charge < -0.3 is 0 Å². The third-order valence-electron chi connectivity index (χ3n) is 2.28. The van der Waals surface area contributed by atoms with Gasteiger partial charge in [-0.25, -0.2) is 0 Å². The Kier molecular flexibility index (Phi) is 5.47. The summed E-state index contributed by atoms with van der Waals surface area (Å²) in [5.74, 6) is -0.237. The van der Waals surface area contributed by atoms with Gasteiger partial charge in [-0.3, -0.25) is 14.9 Å². The van der Waals surface area contributed by atoms with Crippen LogP contribution in [0, 0.1) is 0 Å². The van der Waals surface area contributed by atoms with Crippen molar-refractivity contribution in [1.82, 2.24) is 5.32 Å². The van der Waals surface area contributed by atoms with Gasteiger partial charge in [-0.2, -0.15) is 0 Å². The number of hydrogen-bond acceptors (Lipinski definition) is 3. The number of hydrogen-bond donors (Lipinski definition) is 1. The lowest BCUT2D eigenvalue weighted by atomic mass is 10.1. The van der Waals surface area contributed by atoms with E-state index >= 15 is 0 Å². The van der Waals surface area contributed by atoms with Crippen molar-refractivity contribution in [2.24, 2.45) is 0 Å². The van der Waals surface area contributed by atoms with E-state index in [4.69, 9.17) is 0 Å². The summed E-state index contributed by atoms with van der Waals surface area (Å²) in [7, 11) is 0.